The van der Waals surface area contributed by atoms with Gasteiger partial charge in [-0.15, -0.1) is 0 Å². The molecule has 0 radical (unpaired) electrons. The summed E-state index contributed by atoms with van der Waals surface area (Å²) in [5.74, 6) is 2.95. The Balaban J connectivity index is 0.00000220. The number of fused-ring (bicyclic) bond motifs is 2. The third-order valence-electron chi connectivity index (χ3n) is 6.94. The van der Waals surface area contributed by atoms with Gasteiger partial charge in [0, 0.05) is 6.61 Å². The summed E-state index contributed by atoms with van der Waals surface area (Å²) < 4.78 is 7.09. The van der Waals surface area contributed by atoms with Crippen LogP contribution < -0.4 is 24.0 Å². The first-order chi connectivity index (χ1) is 9.43. The fraction of sp³-hybridized carbons (Fsp3) is 1.00. The lowest BCUT2D eigenvalue weighted by molar-refractivity contribution is -0.906. The minimum Gasteiger partial charge on any atom is -1.00 e. The minimum atomic E-state index is 0. The van der Waals surface area contributed by atoms with E-state index in [0.29, 0.717) is 5.41 Å². The molecular weight excluding hydrogens is 373 g/mol. The highest BCUT2D eigenvalue weighted by Gasteiger charge is 2.53. The lowest BCUT2D eigenvalue weighted by atomic mass is 9.45. The smallest absolute Gasteiger partial charge is 0.102 e. The van der Waals surface area contributed by atoms with Crippen molar-refractivity contribution in [2.24, 2.45) is 23.2 Å². The Morgan fingerprint density at radius 2 is 1.76 bits per heavy atom. The predicted octanol–water partition coefficient (Wildman–Crippen LogP) is 0.956. The van der Waals surface area contributed by atoms with E-state index < -0.39 is 0 Å². The molecule has 0 aliphatic heterocycles. The minimum absolute atomic E-state index is 0. The Morgan fingerprint density at radius 1 is 1.10 bits per heavy atom. The van der Waals surface area contributed by atoms with Crippen molar-refractivity contribution in [3.8, 4) is 0 Å². The van der Waals surface area contributed by atoms with Crippen LogP contribution in [0.5, 0.6) is 0 Å². The van der Waals surface area contributed by atoms with Crippen molar-refractivity contribution in [1.82, 2.24) is 0 Å². The van der Waals surface area contributed by atoms with Gasteiger partial charge >= 0.3 is 0 Å². The van der Waals surface area contributed by atoms with Crippen LogP contribution in [0, 0.1) is 23.2 Å². The molecule has 0 amide bonds. The first-order valence-electron chi connectivity index (χ1n) is 8.84. The van der Waals surface area contributed by atoms with E-state index in [9.17, 15) is 0 Å². The summed E-state index contributed by atoms with van der Waals surface area (Å²) in [6.07, 6.45) is 5.72. The number of rotatable bonds is 8. The third-order valence-corrected chi connectivity index (χ3v) is 6.94. The van der Waals surface area contributed by atoms with Gasteiger partial charge in [0.1, 0.15) is 6.54 Å². The van der Waals surface area contributed by atoms with Crippen LogP contribution in [0.4, 0.5) is 0 Å². The topological polar surface area (TPSA) is 9.23 Å². The van der Waals surface area contributed by atoms with Crippen molar-refractivity contribution in [2.45, 2.75) is 53.4 Å². The molecule has 3 rings (SSSR count). The van der Waals surface area contributed by atoms with Gasteiger partial charge in [-0.1, -0.05) is 13.8 Å². The summed E-state index contributed by atoms with van der Waals surface area (Å²) in [5, 5.41) is 0. The van der Waals surface area contributed by atoms with E-state index in [1.54, 1.807) is 0 Å². The summed E-state index contributed by atoms with van der Waals surface area (Å²) in [6, 6.07) is 0. The average Bonchev–Trinajstić information content (AvgIpc) is 2.46. The maximum atomic E-state index is 5.95. The molecule has 0 spiro atoms. The van der Waals surface area contributed by atoms with Crippen LogP contribution in [0.15, 0.2) is 0 Å². The Kier molecular flexibility index (Phi) is 7.47. The summed E-state index contributed by atoms with van der Waals surface area (Å²) in [6.45, 7) is 15.0. The molecule has 3 atom stereocenters. The van der Waals surface area contributed by atoms with Crippen LogP contribution >= 0.6 is 0 Å². The normalized spacial score (nSPS) is 30.4. The summed E-state index contributed by atoms with van der Waals surface area (Å²) in [7, 11) is 2.33. The van der Waals surface area contributed by atoms with Gasteiger partial charge in [0.05, 0.1) is 26.7 Å². The number of hydrogen-bond acceptors (Lipinski definition) is 1. The van der Waals surface area contributed by atoms with Gasteiger partial charge in [0.15, 0.2) is 0 Å². The zero-order valence-electron chi connectivity index (χ0n) is 14.8. The summed E-state index contributed by atoms with van der Waals surface area (Å²) in [4.78, 5) is 0. The molecule has 0 aromatic heterocycles. The first kappa shape index (κ1) is 19.7. The van der Waals surface area contributed by atoms with Crippen molar-refractivity contribution in [1.29, 1.82) is 0 Å². The Hall–Kier alpha value is 0.650. The molecule has 3 heteroatoms. The second-order valence-corrected chi connectivity index (χ2v) is 8.07. The molecule has 0 aromatic carbocycles. The molecule has 21 heavy (non-hydrogen) atoms. The molecule has 3 aliphatic rings. The SMILES string of the molecule is CC[N+](C)(CC)CCOCCC1CCC2CC1C2(C)C.[I-]. The predicted molar refractivity (Wildman–Crippen MR) is 85.7 cm³/mol. The zero-order valence-corrected chi connectivity index (χ0v) is 17.0. The van der Waals surface area contributed by atoms with Crippen molar-refractivity contribution in [3.63, 3.8) is 0 Å². The van der Waals surface area contributed by atoms with E-state index in [0.717, 1.165) is 42.0 Å². The number of quaternary nitrogens is 1. The molecule has 3 saturated carbocycles. The van der Waals surface area contributed by atoms with Crippen LogP contribution in [0.3, 0.4) is 0 Å². The molecule has 2 bridgehead atoms. The molecule has 0 aromatic rings. The lowest BCUT2D eigenvalue weighted by Gasteiger charge is -2.60. The van der Waals surface area contributed by atoms with E-state index in [1.807, 2.05) is 0 Å². The number of likely N-dealkylation sites (N-methyl/N-ethyl adjacent to an activating group) is 1. The maximum Gasteiger partial charge on any atom is 0.102 e. The van der Waals surface area contributed by atoms with Crippen LogP contribution in [-0.4, -0.2) is 44.4 Å². The monoisotopic (exact) mass is 409 g/mol. The van der Waals surface area contributed by atoms with Crippen molar-refractivity contribution in [3.05, 3.63) is 0 Å². The Labute approximate surface area is 149 Å². The maximum absolute atomic E-state index is 5.95. The van der Waals surface area contributed by atoms with E-state index in [2.05, 4.69) is 34.7 Å². The molecule has 3 unspecified atom stereocenters. The van der Waals surface area contributed by atoms with Crippen molar-refractivity contribution >= 4 is 0 Å². The highest BCUT2D eigenvalue weighted by molar-refractivity contribution is 5.03. The van der Waals surface area contributed by atoms with Gasteiger partial charge < -0.3 is 33.2 Å². The highest BCUT2D eigenvalue weighted by Crippen LogP contribution is 2.61. The van der Waals surface area contributed by atoms with E-state index in [1.165, 1.54) is 38.8 Å². The fourth-order valence-electron chi connectivity index (χ4n) is 4.47. The molecule has 0 N–H and O–H groups in total. The van der Waals surface area contributed by atoms with Crippen LogP contribution in [0.2, 0.25) is 0 Å². The van der Waals surface area contributed by atoms with Gasteiger partial charge in [-0.3, -0.25) is 0 Å². The Bertz CT molecular complexity index is 312. The number of ether oxygens (including phenoxy) is 1. The van der Waals surface area contributed by atoms with Gasteiger partial charge in [0.25, 0.3) is 0 Å². The molecule has 3 fully saturated rings. The average molecular weight is 409 g/mol. The highest BCUT2D eigenvalue weighted by atomic mass is 127. The van der Waals surface area contributed by atoms with Crippen molar-refractivity contribution in [2.75, 3.05) is 39.9 Å². The van der Waals surface area contributed by atoms with Crippen molar-refractivity contribution < 1.29 is 33.2 Å². The number of nitrogens with zero attached hydrogens (tertiary/aromatic N) is 1. The first-order valence-corrected chi connectivity index (χ1v) is 8.84. The Morgan fingerprint density at radius 3 is 2.29 bits per heavy atom. The standard InChI is InChI=1S/C18H36NO.HI/c1-6-19(5,7-2)11-13-20-12-10-15-8-9-16-14-17(15)18(16,3)4;/h15-17H,6-14H2,1-5H3;1H/q+1;/p-1. The summed E-state index contributed by atoms with van der Waals surface area (Å²) in [5.41, 5.74) is 0.628. The number of hydrogen-bond donors (Lipinski definition) is 0. The van der Waals surface area contributed by atoms with Crippen LogP contribution in [0.25, 0.3) is 0 Å². The second-order valence-electron chi connectivity index (χ2n) is 8.07. The number of halogens is 1. The van der Waals surface area contributed by atoms with E-state index in [-0.39, 0.29) is 24.0 Å². The second kappa shape index (κ2) is 7.96. The van der Waals surface area contributed by atoms with E-state index in [4.69, 9.17) is 4.74 Å². The van der Waals surface area contributed by atoms with Crippen LogP contribution in [-0.2, 0) is 4.74 Å². The molecule has 0 heterocycles. The fourth-order valence-corrected chi connectivity index (χ4v) is 4.47. The lowest BCUT2D eigenvalue weighted by Crippen LogP contribution is -3.00. The zero-order chi connectivity index (χ0) is 14.8. The molecule has 3 aliphatic carbocycles. The largest absolute Gasteiger partial charge is 1.00 e. The quantitative estimate of drug-likeness (QED) is 0.330. The van der Waals surface area contributed by atoms with Gasteiger partial charge in [-0.25, -0.2) is 0 Å². The molecule has 126 valence electrons. The van der Waals surface area contributed by atoms with E-state index >= 15 is 0 Å². The van der Waals surface area contributed by atoms with Gasteiger partial charge in [0.2, 0.25) is 0 Å². The molecule has 0 saturated heterocycles. The van der Waals surface area contributed by atoms with Crippen LogP contribution in [0.1, 0.15) is 53.4 Å². The third kappa shape index (κ3) is 4.35. The van der Waals surface area contributed by atoms with Gasteiger partial charge in [-0.2, -0.15) is 0 Å². The molecular formula is C18H36INO. The summed E-state index contributed by atoms with van der Waals surface area (Å²) >= 11 is 0. The van der Waals surface area contributed by atoms with Gasteiger partial charge in [-0.05, 0) is 62.7 Å². The molecule has 2 nitrogen and oxygen atoms in total.